The second-order valence-electron chi connectivity index (χ2n) is 21.5. The highest BCUT2D eigenvalue weighted by Gasteiger charge is 2.16. The largest absolute Gasteiger partial charge is 0.545 e. The zero-order valence-corrected chi connectivity index (χ0v) is 48.0. The van der Waals surface area contributed by atoms with Crippen LogP contribution < -0.4 is 10.2 Å². The lowest BCUT2D eigenvalue weighted by Crippen LogP contribution is -2.39. The van der Waals surface area contributed by atoms with Gasteiger partial charge in [-0.3, -0.25) is 0 Å². The maximum absolute atomic E-state index is 11.0. The van der Waals surface area contributed by atoms with E-state index in [1.165, 1.54) is 216 Å². The van der Waals surface area contributed by atoms with Crippen molar-refractivity contribution in [2.24, 2.45) is 0 Å². The molecule has 0 saturated carbocycles. The minimum absolute atomic E-state index is 0.0796. The van der Waals surface area contributed by atoms with Gasteiger partial charge in [-0.25, -0.2) is 0 Å². The van der Waals surface area contributed by atoms with E-state index >= 15 is 0 Å². The summed E-state index contributed by atoms with van der Waals surface area (Å²) in [5.74, 6) is -2.52. The first-order valence-corrected chi connectivity index (χ1v) is 30.7. The zero-order valence-electron chi connectivity index (χ0n) is 46.4. The Balaban J connectivity index is 0.000000373. The summed E-state index contributed by atoms with van der Waals surface area (Å²) in [5, 5.41) is 21.9. The number of nitrogens with zero attached hydrogens (tertiary/aromatic N) is 2. The molecule has 0 amide bonds. The summed E-state index contributed by atoms with van der Waals surface area (Å²) >= 11 is 0. The van der Waals surface area contributed by atoms with Crippen molar-refractivity contribution >= 4 is 33.5 Å². The van der Waals surface area contributed by atoms with E-state index in [9.17, 15) is 19.8 Å². The number of quaternary nitrogens is 2. The Morgan fingerprint density at radius 1 is 0.347 bits per heavy atom. The molecular weight excluding hydrogens is 925 g/mol. The maximum atomic E-state index is 11.0. The van der Waals surface area contributed by atoms with Gasteiger partial charge < -0.3 is 28.8 Å². The average Bonchev–Trinajstić information content (AvgIpc) is 3.36. The standard InChI is InChI=1S/2C25H46N.C14H10O4S2/c2*1-4-5-6-7-8-9-10-11-12-13-14-15-16-20-23-26(2,3)24-25-21-18-17-19-22-25;15-13(16)9-5-1-3-7-11(9)19-20-12-8-4-2-6-10(12)14(17)18/h2*17-19,21-22H,4-16,20,23-24H2,1-3H3;1-8H,(H,15,16)(H,17,18)/q2*+1;/p-2. The molecule has 6 nitrogen and oxygen atoms in total. The van der Waals surface area contributed by atoms with Gasteiger partial charge in [-0.2, -0.15) is 0 Å². The molecule has 0 aliphatic rings. The number of carboxylic acid groups (broad SMARTS) is 2. The number of rotatable bonds is 39. The first kappa shape index (κ1) is 64.6. The molecule has 8 heteroatoms. The van der Waals surface area contributed by atoms with Crippen LogP contribution in [0.15, 0.2) is 119 Å². The fourth-order valence-electron chi connectivity index (χ4n) is 9.29. The Morgan fingerprint density at radius 3 is 0.847 bits per heavy atom. The first-order chi connectivity index (χ1) is 34.9. The molecule has 0 saturated heterocycles. The second kappa shape index (κ2) is 41.8. The van der Waals surface area contributed by atoms with E-state index in [-0.39, 0.29) is 11.1 Å². The Morgan fingerprint density at radius 2 is 0.583 bits per heavy atom. The monoisotopic (exact) mass is 1020 g/mol. The fourth-order valence-corrected chi connectivity index (χ4v) is 11.6. The molecule has 0 bridgehead atoms. The lowest BCUT2D eigenvalue weighted by molar-refractivity contribution is -0.903. The molecule has 4 aromatic carbocycles. The summed E-state index contributed by atoms with van der Waals surface area (Å²) in [4.78, 5) is 23.0. The van der Waals surface area contributed by atoms with Crippen LogP contribution in [0, 0.1) is 0 Å². The van der Waals surface area contributed by atoms with E-state index in [1.54, 1.807) is 36.4 Å². The van der Waals surface area contributed by atoms with E-state index in [2.05, 4.69) is 103 Å². The third kappa shape index (κ3) is 34.0. The first-order valence-electron chi connectivity index (χ1n) is 28.5. The van der Waals surface area contributed by atoms with Gasteiger partial charge in [0.1, 0.15) is 13.1 Å². The molecule has 0 spiro atoms. The highest BCUT2D eigenvalue weighted by molar-refractivity contribution is 8.76. The fraction of sp³-hybridized carbons (Fsp3) is 0.594. The molecule has 4 aromatic rings. The molecule has 0 N–H and O–H groups in total. The predicted molar refractivity (Wildman–Crippen MR) is 308 cm³/mol. The van der Waals surface area contributed by atoms with Gasteiger partial charge in [-0.05, 0) is 37.8 Å². The van der Waals surface area contributed by atoms with Crippen molar-refractivity contribution in [1.82, 2.24) is 0 Å². The molecule has 0 fully saturated rings. The van der Waals surface area contributed by atoms with E-state index in [4.69, 9.17) is 0 Å². The maximum Gasteiger partial charge on any atom is 0.104 e. The summed E-state index contributed by atoms with van der Waals surface area (Å²) < 4.78 is 2.23. The lowest BCUT2D eigenvalue weighted by atomic mass is 10.0. The highest BCUT2D eigenvalue weighted by Crippen LogP contribution is 2.40. The quantitative estimate of drug-likeness (QED) is 0.0252. The highest BCUT2D eigenvalue weighted by atomic mass is 33.1. The number of carbonyl (C=O) groups excluding carboxylic acids is 2. The van der Waals surface area contributed by atoms with Crippen molar-refractivity contribution in [3.05, 3.63) is 131 Å². The predicted octanol–water partition coefficient (Wildman–Crippen LogP) is 16.7. The van der Waals surface area contributed by atoms with Gasteiger partial charge in [-0.1, -0.05) is 287 Å². The normalized spacial score (nSPS) is 11.4. The SMILES string of the molecule is CCCCCCCCCCCCCCCC[N+](C)(C)Cc1ccccc1.CCCCCCCCCCCCCCCC[N+](C)(C)Cc1ccccc1.O=C([O-])c1ccccc1SSc1ccccc1C(=O)[O-]. The molecule has 0 aliphatic heterocycles. The molecule has 0 aromatic heterocycles. The Hall–Kier alpha value is -3.56. The van der Waals surface area contributed by atoms with Crippen LogP contribution in [0.25, 0.3) is 0 Å². The molecular formula is C64H100N2O4S2. The summed E-state index contributed by atoms with van der Waals surface area (Å²) in [6.45, 7) is 9.49. The number of unbranched alkanes of at least 4 members (excludes halogenated alkanes) is 26. The number of carbonyl (C=O) groups is 2. The molecule has 402 valence electrons. The van der Waals surface area contributed by atoms with Gasteiger partial charge in [0.25, 0.3) is 0 Å². The van der Waals surface area contributed by atoms with E-state index < -0.39 is 11.9 Å². The van der Waals surface area contributed by atoms with Crippen molar-refractivity contribution < 1.29 is 28.8 Å². The van der Waals surface area contributed by atoms with Crippen LogP contribution >= 0.6 is 21.6 Å². The Kier molecular flexibility index (Phi) is 37.4. The summed E-state index contributed by atoms with van der Waals surface area (Å²) in [6, 6.07) is 34.7. The van der Waals surface area contributed by atoms with Crippen LogP contribution in [0.5, 0.6) is 0 Å². The van der Waals surface area contributed by atoms with Crippen molar-refractivity contribution in [2.45, 2.75) is 217 Å². The van der Waals surface area contributed by atoms with Gasteiger partial charge in [0, 0.05) is 32.0 Å². The van der Waals surface area contributed by atoms with E-state index in [0.717, 1.165) is 43.6 Å². The van der Waals surface area contributed by atoms with Gasteiger partial charge >= 0.3 is 0 Å². The number of hydrogen-bond acceptors (Lipinski definition) is 6. The average molecular weight is 1030 g/mol. The Bertz CT molecular complexity index is 1780. The van der Waals surface area contributed by atoms with E-state index in [0.29, 0.717) is 9.79 Å². The van der Waals surface area contributed by atoms with Gasteiger partial charge in [0.2, 0.25) is 0 Å². The van der Waals surface area contributed by atoms with Crippen LogP contribution in [-0.2, 0) is 13.1 Å². The topological polar surface area (TPSA) is 80.3 Å². The summed E-state index contributed by atoms with van der Waals surface area (Å²) in [7, 11) is 11.8. The minimum Gasteiger partial charge on any atom is -0.545 e. The van der Waals surface area contributed by atoms with Gasteiger partial charge in [0.05, 0.1) is 53.2 Å². The lowest BCUT2D eigenvalue weighted by Gasteiger charge is -2.30. The van der Waals surface area contributed by atoms with Crippen LogP contribution in [0.2, 0.25) is 0 Å². The van der Waals surface area contributed by atoms with Crippen molar-refractivity contribution in [1.29, 1.82) is 0 Å². The molecule has 0 radical (unpaired) electrons. The second-order valence-corrected chi connectivity index (χ2v) is 23.7. The van der Waals surface area contributed by atoms with Gasteiger partial charge in [0.15, 0.2) is 0 Å². The third-order valence-corrected chi connectivity index (χ3v) is 16.1. The number of benzene rings is 4. The van der Waals surface area contributed by atoms with Gasteiger partial charge in [-0.15, -0.1) is 0 Å². The van der Waals surface area contributed by atoms with Crippen LogP contribution in [0.4, 0.5) is 0 Å². The molecule has 0 unspecified atom stereocenters. The molecule has 72 heavy (non-hydrogen) atoms. The van der Waals surface area contributed by atoms with Crippen molar-refractivity contribution in [3.63, 3.8) is 0 Å². The number of hydrogen-bond donors (Lipinski definition) is 0. The van der Waals surface area contributed by atoms with E-state index in [1.807, 2.05) is 0 Å². The Labute approximate surface area is 449 Å². The molecule has 0 heterocycles. The minimum atomic E-state index is -1.26. The smallest absolute Gasteiger partial charge is 0.104 e. The number of aromatic carboxylic acids is 2. The van der Waals surface area contributed by atoms with Crippen LogP contribution in [0.3, 0.4) is 0 Å². The van der Waals surface area contributed by atoms with Crippen molar-refractivity contribution in [2.75, 3.05) is 41.3 Å². The zero-order chi connectivity index (χ0) is 52.4. The van der Waals surface area contributed by atoms with Crippen LogP contribution in [-0.4, -0.2) is 62.2 Å². The summed E-state index contributed by atoms with van der Waals surface area (Å²) in [5.41, 5.74) is 3.08. The van der Waals surface area contributed by atoms with Crippen molar-refractivity contribution in [3.8, 4) is 0 Å². The molecule has 4 rings (SSSR count). The molecule has 0 atom stereocenters. The summed E-state index contributed by atoms with van der Waals surface area (Å²) in [6.07, 6.45) is 40.4. The van der Waals surface area contributed by atoms with Crippen LogP contribution in [0.1, 0.15) is 225 Å². The number of carboxylic acids is 2. The molecule has 0 aliphatic carbocycles. The third-order valence-electron chi connectivity index (χ3n) is 13.6.